The first-order chi connectivity index (χ1) is 9.56. The zero-order valence-corrected chi connectivity index (χ0v) is 14.6. The molecule has 1 saturated carbocycles. The lowest BCUT2D eigenvalue weighted by Crippen LogP contribution is -2.44. The molecule has 2 aliphatic rings. The Kier molecular flexibility index (Phi) is 7.49. The van der Waals surface area contributed by atoms with Crippen LogP contribution in [0.15, 0.2) is 0 Å². The molecule has 1 aliphatic heterocycles. The van der Waals surface area contributed by atoms with E-state index in [0.717, 1.165) is 25.8 Å². The van der Waals surface area contributed by atoms with Gasteiger partial charge < -0.3 is 10.6 Å². The van der Waals surface area contributed by atoms with Gasteiger partial charge in [-0.15, -0.1) is 12.4 Å². The van der Waals surface area contributed by atoms with E-state index in [1.54, 1.807) is 0 Å². The first kappa shape index (κ1) is 18.8. The van der Waals surface area contributed by atoms with Crippen LogP contribution in [0.2, 0.25) is 0 Å². The Morgan fingerprint density at radius 2 is 1.81 bits per heavy atom. The van der Waals surface area contributed by atoms with E-state index < -0.39 is 0 Å². The fourth-order valence-corrected chi connectivity index (χ4v) is 4.05. The molecule has 0 bridgehead atoms. The molecule has 2 atom stereocenters. The average Bonchev–Trinajstić information content (AvgIpc) is 2.61. The summed E-state index contributed by atoms with van der Waals surface area (Å²) in [6.07, 6.45) is 10.5. The standard InChI is InChI=1S/C17H32N2O.ClH/c1-14-7-6-8-15(2)19(12-14)16(20)11-17(13-18)9-4-3-5-10-17;/h14-15H,3-13,18H2,1-2H3;1H. The van der Waals surface area contributed by atoms with Crippen molar-refractivity contribution in [3.63, 3.8) is 0 Å². The van der Waals surface area contributed by atoms with Gasteiger partial charge in [-0.3, -0.25) is 4.79 Å². The molecule has 2 rings (SSSR count). The maximum atomic E-state index is 12.8. The summed E-state index contributed by atoms with van der Waals surface area (Å²) in [6, 6.07) is 0.408. The Labute approximate surface area is 136 Å². The number of likely N-dealkylation sites (tertiary alicyclic amines) is 1. The maximum absolute atomic E-state index is 12.8. The Balaban J connectivity index is 0.00000220. The highest BCUT2D eigenvalue weighted by atomic mass is 35.5. The molecular formula is C17H33ClN2O. The molecule has 1 aliphatic carbocycles. The normalized spacial score (nSPS) is 29.4. The van der Waals surface area contributed by atoms with Crippen LogP contribution in [0.25, 0.3) is 0 Å². The van der Waals surface area contributed by atoms with E-state index in [0.29, 0.717) is 30.8 Å². The lowest BCUT2D eigenvalue weighted by atomic mass is 9.71. The third-order valence-electron chi connectivity index (χ3n) is 5.55. The quantitative estimate of drug-likeness (QED) is 0.862. The van der Waals surface area contributed by atoms with Crippen molar-refractivity contribution in [2.75, 3.05) is 13.1 Å². The van der Waals surface area contributed by atoms with E-state index in [1.165, 1.54) is 32.1 Å². The lowest BCUT2D eigenvalue weighted by Gasteiger charge is -2.38. The SMILES string of the molecule is CC1CCCC(C)N(C(=O)CC2(CN)CCCCC2)C1.Cl. The fraction of sp³-hybridized carbons (Fsp3) is 0.941. The topological polar surface area (TPSA) is 46.3 Å². The zero-order valence-electron chi connectivity index (χ0n) is 13.8. The second kappa shape index (κ2) is 8.38. The number of amides is 1. The van der Waals surface area contributed by atoms with Gasteiger partial charge in [0, 0.05) is 19.0 Å². The molecule has 4 heteroatoms. The first-order valence-corrected chi connectivity index (χ1v) is 8.56. The van der Waals surface area contributed by atoms with Crippen LogP contribution in [-0.4, -0.2) is 29.9 Å². The largest absolute Gasteiger partial charge is 0.340 e. The van der Waals surface area contributed by atoms with E-state index in [1.807, 2.05) is 0 Å². The van der Waals surface area contributed by atoms with Gasteiger partial charge in [0.1, 0.15) is 0 Å². The summed E-state index contributed by atoms with van der Waals surface area (Å²) in [6.45, 7) is 6.11. The Hall–Kier alpha value is -0.280. The van der Waals surface area contributed by atoms with Gasteiger partial charge in [-0.05, 0) is 50.5 Å². The van der Waals surface area contributed by atoms with Gasteiger partial charge in [-0.2, -0.15) is 0 Å². The predicted molar refractivity (Wildman–Crippen MR) is 90.6 cm³/mol. The van der Waals surface area contributed by atoms with Crippen LogP contribution in [0.3, 0.4) is 0 Å². The summed E-state index contributed by atoms with van der Waals surface area (Å²) in [4.78, 5) is 15.0. The highest BCUT2D eigenvalue weighted by molar-refractivity contribution is 5.85. The Morgan fingerprint density at radius 3 is 2.43 bits per heavy atom. The number of nitrogens with zero attached hydrogens (tertiary/aromatic N) is 1. The van der Waals surface area contributed by atoms with E-state index in [2.05, 4.69) is 18.7 Å². The summed E-state index contributed by atoms with van der Waals surface area (Å²) in [5, 5.41) is 0. The third-order valence-corrected chi connectivity index (χ3v) is 5.55. The van der Waals surface area contributed by atoms with Gasteiger partial charge in [0.15, 0.2) is 0 Å². The smallest absolute Gasteiger partial charge is 0.223 e. The van der Waals surface area contributed by atoms with Gasteiger partial charge in [0.05, 0.1) is 0 Å². The molecule has 2 unspecified atom stereocenters. The van der Waals surface area contributed by atoms with Crippen molar-refractivity contribution in [1.29, 1.82) is 0 Å². The van der Waals surface area contributed by atoms with Crippen molar-refractivity contribution >= 4 is 18.3 Å². The van der Waals surface area contributed by atoms with Crippen LogP contribution >= 0.6 is 12.4 Å². The Morgan fingerprint density at radius 1 is 1.14 bits per heavy atom. The van der Waals surface area contributed by atoms with Crippen LogP contribution in [0, 0.1) is 11.3 Å². The van der Waals surface area contributed by atoms with Crippen molar-refractivity contribution in [3.05, 3.63) is 0 Å². The number of rotatable bonds is 3. The molecule has 0 spiro atoms. The summed E-state index contributed by atoms with van der Waals surface area (Å²) >= 11 is 0. The molecule has 1 amide bonds. The molecule has 1 heterocycles. The molecule has 1 saturated heterocycles. The molecule has 2 fully saturated rings. The van der Waals surface area contributed by atoms with Crippen LogP contribution in [0.1, 0.15) is 71.6 Å². The summed E-state index contributed by atoms with van der Waals surface area (Å²) < 4.78 is 0. The lowest BCUT2D eigenvalue weighted by molar-refractivity contribution is -0.136. The van der Waals surface area contributed by atoms with Gasteiger partial charge in [0.25, 0.3) is 0 Å². The summed E-state index contributed by atoms with van der Waals surface area (Å²) in [5.74, 6) is 1.00. The zero-order chi connectivity index (χ0) is 14.6. The van der Waals surface area contributed by atoms with E-state index in [-0.39, 0.29) is 17.8 Å². The first-order valence-electron chi connectivity index (χ1n) is 8.56. The van der Waals surface area contributed by atoms with Gasteiger partial charge in [0.2, 0.25) is 5.91 Å². The molecular weight excluding hydrogens is 284 g/mol. The summed E-state index contributed by atoms with van der Waals surface area (Å²) in [5.41, 5.74) is 6.14. The minimum Gasteiger partial charge on any atom is -0.340 e. The van der Waals surface area contributed by atoms with Crippen molar-refractivity contribution in [2.24, 2.45) is 17.1 Å². The highest BCUT2D eigenvalue weighted by Crippen LogP contribution is 2.39. The predicted octanol–water partition coefficient (Wildman–Crippen LogP) is 3.74. The molecule has 0 aromatic carbocycles. The Bertz CT molecular complexity index is 329. The average molecular weight is 317 g/mol. The van der Waals surface area contributed by atoms with E-state index >= 15 is 0 Å². The highest BCUT2D eigenvalue weighted by Gasteiger charge is 2.36. The minimum absolute atomic E-state index is 0. The third kappa shape index (κ3) is 4.85. The molecule has 124 valence electrons. The van der Waals surface area contributed by atoms with E-state index in [9.17, 15) is 4.79 Å². The maximum Gasteiger partial charge on any atom is 0.223 e. The number of hydrogen-bond acceptors (Lipinski definition) is 2. The van der Waals surface area contributed by atoms with Gasteiger partial charge in [-0.1, -0.05) is 32.6 Å². The second-order valence-electron chi connectivity index (χ2n) is 7.37. The van der Waals surface area contributed by atoms with Crippen molar-refractivity contribution < 1.29 is 4.79 Å². The van der Waals surface area contributed by atoms with Gasteiger partial charge >= 0.3 is 0 Å². The minimum atomic E-state index is 0. The fourth-order valence-electron chi connectivity index (χ4n) is 4.05. The molecule has 21 heavy (non-hydrogen) atoms. The van der Waals surface area contributed by atoms with E-state index in [4.69, 9.17) is 5.73 Å². The number of carbonyl (C=O) groups excluding carboxylic acids is 1. The number of hydrogen-bond donors (Lipinski definition) is 1. The van der Waals surface area contributed by atoms with Crippen LogP contribution in [0.4, 0.5) is 0 Å². The van der Waals surface area contributed by atoms with Crippen LogP contribution in [0.5, 0.6) is 0 Å². The monoisotopic (exact) mass is 316 g/mol. The number of halogens is 1. The molecule has 0 radical (unpaired) electrons. The molecule has 0 aromatic rings. The summed E-state index contributed by atoms with van der Waals surface area (Å²) in [7, 11) is 0. The van der Waals surface area contributed by atoms with Crippen molar-refractivity contribution in [3.8, 4) is 0 Å². The number of carbonyl (C=O) groups is 1. The van der Waals surface area contributed by atoms with Crippen molar-refractivity contribution in [1.82, 2.24) is 4.90 Å². The van der Waals surface area contributed by atoms with Crippen LogP contribution in [-0.2, 0) is 4.79 Å². The van der Waals surface area contributed by atoms with Crippen LogP contribution < -0.4 is 5.73 Å². The number of nitrogens with two attached hydrogens (primary N) is 1. The van der Waals surface area contributed by atoms with Crippen molar-refractivity contribution in [2.45, 2.75) is 77.7 Å². The van der Waals surface area contributed by atoms with Gasteiger partial charge in [-0.25, -0.2) is 0 Å². The molecule has 2 N–H and O–H groups in total. The molecule has 3 nitrogen and oxygen atoms in total. The second-order valence-corrected chi connectivity index (χ2v) is 7.37. The molecule has 0 aromatic heterocycles.